The molecule has 0 atom stereocenters. The van der Waals surface area contributed by atoms with Gasteiger partial charge in [-0.15, -0.1) is 11.8 Å². The lowest BCUT2D eigenvalue weighted by atomic mass is 10.2. The van der Waals surface area contributed by atoms with E-state index in [1.54, 1.807) is 0 Å². The molecule has 1 amide bonds. The van der Waals surface area contributed by atoms with E-state index in [4.69, 9.17) is 0 Å². The molecule has 0 saturated carbocycles. The summed E-state index contributed by atoms with van der Waals surface area (Å²) in [5, 5.41) is 2.77. The standard InChI is InChI=1S/C15H13F2NOS/c16-13-7-6-12(8-14(13)17)20-10-15(19)18-9-11-4-2-1-3-5-11/h1-8H,9-10H2,(H,18,19). The fourth-order valence-corrected chi connectivity index (χ4v) is 2.31. The summed E-state index contributed by atoms with van der Waals surface area (Å²) in [7, 11) is 0. The Balaban J connectivity index is 1.79. The van der Waals surface area contributed by atoms with E-state index in [0.29, 0.717) is 11.4 Å². The molecule has 0 aliphatic rings. The Morgan fingerprint density at radius 2 is 1.80 bits per heavy atom. The fourth-order valence-electron chi connectivity index (χ4n) is 1.56. The van der Waals surface area contributed by atoms with E-state index in [1.807, 2.05) is 30.3 Å². The van der Waals surface area contributed by atoms with Crippen LogP contribution in [0.15, 0.2) is 53.4 Å². The number of benzene rings is 2. The number of carbonyl (C=O) groups excluding carboxylic acids is 1. The zero-order valence-electron chi connectivity index (χ0n) is 10.6. The first kappa shape index (κ1) is 14.5. The number of nitrogens with one attached hydrogen (secondary N) is 1. The highest BCUT2D eigenvalue weighted by Gasteiger charge is 2.06. The van der Waals surface area contributed by atoms with Gasteiger partial charge >= 0.3 is 0 Å². The Kier molecular flexibility index (Phi) is 5.12. The van der Waals surface area contributed by atoms with E-state index in [1.165, 1.54) is 17.8 Å². The van der Waals surface area contributed by atoms with Crippen molar-refractivity contribution in [3.8, 4) is 0 Å². The molecule has 0 saturated heterocycles. The van der Waals surface area contributed by atoms with Crippen LogP contribution in [0.1, 0.15) is 5.56 Å². The third-order valence-corrected chi connectivity index (χ3v) is 3.59. The van der Waals surface area contributed by atoms with Gasteiger partial charge in [-0.05, 0) is 23.8 Å². The van der Waals surface area contributed by atoms with Crippen LogP contribution in [0.25, 0.3) is 0 Å². The molecule has 0 radical (unpaired) electrons. The number of hydrogen-bond acceptors (Lipinski definition) is 2. The van der Waals surface area contributed by atoms with Crippen molar-refractivity contribution in [1.29, 1.82) is 0 Å². The smallest absolute Gasteiger partial charge is 0.230 e. The SMILES string of the molecule is O=C(CSc1ccc(F)c(F)c1)NCc1ccccc1. The normalized spacial score (nSPS) is 10.3. The number of hydrogen-bond donors (Lipinski definition) is 1. The maximum absolute atomic E-state index is 13.0. The second kappa shape index (κ2) is 7.05. The quantitative estimate of drug-likeness (QED) is 0.856. The highest BCUT2D eigenvalue weighted by Crippen LogP contribution is 2.20. The first-order valence-corrected chi connectivity index (χ1v) is 7.02. The Morgan fingerprint density at radius 3 is 2.50 bits per heavy atom. The zero-order valence-corrected chi connectivity index (χ0v) is 11.4. The van der Waals surface area contributed by atoms with Crippen LogP contribution in [0.3, 0.4) is 0 Å². The van der Waals surface area contributed by atoms with Gasteiger partial charge in [0.1, 0.15) is 0 Å². The van der Waals surface area contributed by atoms with Crippen molar-refractivity contribution in [2.75, 3.05) is 5.75 Å². The summed E-state index contributed by atoms with van der Waals surface area (Å²) in [5.41, 5.74) is 1.01. The molecule has 2 nitrogen and oxygen atoms in total. The van der Waals surface area contributed by atoms with Crippen molar-refractivity contribution in [2.24, 2.45) is 0 Å². The molecule has 0 aliphatic carbocycles. The van der Waals surface area contributed by atoms with E-state index < -0.39 is 11.6 Å². The zero-order chi connectivity index (χ0) is 14.4. The van der Waals surface area contributed by atoms with Crippen molar-refractivity contribution in [2.45, 2.75) is 11.4 Å². The number of halogens is 2. The third-order valence-electron chi connectivity index (χ3n) is 2.59. The third kappa shape index (κ3) is 4.35. The van der Waals surface area contributed by atoms with Gasteiger partial charge in [-0.1, -0.05) is 30.3 Å². The summed E-state index contributed by atoms with van der Waals surface area (Å²) in [6.45, 7) is 0.456. The van der Waals surface area contributed by atoms with Gasteiger partial charge in [-0.25, -0.2) is 8.78 Å². The number of amides is 1. The van der Waals surface area contributed by atoms with Gasteiger partial charge in [-0.3, -0.25) is 4.79 Å². The largest absolute Gasteiger partial charge is 0.351 e. The van der Waals surface area contributed by atoms with Crippen LogP contribution in [0, 0.1) is 11.6 Å². The molecule has 0 spiro atoms. The minimum atomic E-state index is -0.903. The summed E-state index contributed by atoms with van der Waals surface area (Å²) >= 11 is 1.17. The lowest BCUT2D eigenvalue weighted by Gasteiger charge is -2.05. The minimum absolute atomic E-state index is 0.149. The fraction of sp³-hybridized carbons (Fsp3) is 0.133. The molecular formula is C15H13F2NOS. The predicted molar refractivity (Wildman–Crippen MR) is 75.4 cm³/mol. The lowest BCUT2D eigenvalue weighted by molar-refractivity contribution is -0.118. The van der Waals surface area contributed by atoms with Crippen LogP contribution in [-0.4, -0.2) is 11.7 Å². The topological polar surface area (TPSA) is 29.1 Å². The van der Waals surface area contributed by atoms with Gasteiger partial charge in [-0.2, -0.15) is 0 Å². The summed E-state index contributed by atoms with van der Waals surface area (Å²) < 4.78 is 25.7. The molecule has 1 N–H and O–H groups in total. The molecule has 5 heteroatoms. The van der Waals surface area contributed by atoms with Crippen LogP contribution < -0.4 is 5.32 Å². The average molecular weight is 293 g/mol. The first-order chi connectivity index (χ1) is 9.65. The number of carbonyl (C=O) groups is 1. The maximum Gasteiger partial charge on any atom is 0.230 e. The summed E-state index contributed by atoms with van der Waals surface area (Å²) in [6, 6.07) is 13.1. The molecule has 0 bridgehead atoms. The second-order valence-corrected chi connectivity index (χ2v) is 5.18. The van der Waals surface area contributed by atoms with Crippen molar-refractivity contribution >= 4 is 17.7 Å². The highest BCUT2D eigenvalue weighted by atomic mass is 32.2. The van der Waals surface area contributed by atoms with Crippen LogP contribution in [-0.2, 0) is 11.3 Å². The molecule has 2 rings (SSSR count). The van der Waals surface area contributed by atoms with Gasteiger partial charge in [0.2, 0.25) is 5.91 Å². The number of thioether (sulfide) groups is 1. The predicted octanol–water partition coefficient (Wildman–Crippen LogP) is 3.37. The molecule has 2 aromatic rings. The molecule has 0 aliphatic heterocycles. The molecule has 20 heavy (non-hydrogen) atoms. The Labute approximate surface area is 120 Å². The second-order valence-electron chi connectivity index (χ2n) is 4.13. The van der Waals surface area contributed by atoms with E-state index in [0.717, 1.165) is 17.7 Å². The van der Waals surface area contributed by atoms with Gasteiger partial charge in [0.05, 0.1) is 5.75 Å². The molecule has 0 heterocycles. The van der Waals surface area contributed by atoms with Crippen molar-refractivity contribution in [3.63, 3.8) is 0 Å². The van der Waals surface area contributed by atoms with Crippen molar-refractivity contribution < 1.29 is 13.6 Å². The minimum Gasteiger partial charge on any atom is -0.351 e. The Bertz CT molecular complexity index is 590. The average Bonchev–Trinajstić information content (AvgIpc) is 2.47. The lowest BCUT2D eigenvalue weighted by Crippen LogP contribution is -2.24. The number of rotatable bonds is 5. The Morgan fingerprint density at radius 1 is 1.05 bits per heavy atom. The monoisotopic (exact) mass is 293 g/mol. The molecule has 104 valence electrons. The molecule has 2 aromatic carbocycles. The van der Waals surface area contributed by atoms with E-state index >= 15 is 0 Å². The molecule has 0 unspecified atom stereocenters. The molecular weight excluding hydrogens is 280 g/mol. The van der Waals surface area contributed by atoms with Crippen molar-refractivity contribution in [1.82, 2.24) is 5.32 Å². The first-order valence-electron chi connectivity index (χ1n) is 6.03. The molecule has 0 aromatic heterocycles. The molecule has 0 fully saturated rings. The van der Waals surface area contributed by atoms with E-state index in [-0.39, 0.29) is 11.7 Å². The van der Waals surface area contributed by atoms with Crippen LogP contribution in [0.2, 0.25) is 0 Å². The van der Waals surface area contributed by atoms with Crippen LogP contribution >= 0.6 is 11.8 Å². The summed E-state index contributed by atoms with van der Waals surface area (Å²) in [6.07, 6.45) is 0. The van der Waals surface area contributed by atoms with Crippen LogP contribution in [0.5, 0.6) is 0 Å². The summed E-state index contributed by atoms with van der Waals surface area (Å²) in [4.78, 5) is 12.2. The van der Waals surface area contributed by atoms with Gasteiger partial charge in [0.15, 0.2) is 11.6 Å². The Hall–Kier alpha value is -1.88. The maximum atomic E-state index is 13.0. The van der Waals surface area contributed by atoms with Gasteiger partial charge in [0, 0.05) is 11.4 Å². The van der Waals surface area contributed by atoms with E-state index in [2.05, 4.69) is 5.32 Å². The van der Waals surface area contributed by atoms with Crippen LogP contribution in [0.4, 0.5) is 8.78 Å². The summed E-state index contributed by atoms with van der Waals surface area (Å²) in [5.74, 6) is -1.77. The van der Waals surface area contributed by atoms with Crippen molar-refractivity contribution in [3.05, 3.63) is 65.7 Å². The van der Waals surface area contributed by atoms with Gasteiger partial charge in [0.25, 0.3) is 0 Å². The van der Waals surface area contributed by atoms with E-state index in [9.17, 15) is 13.6 Å². The highest BCUT2D eigenvalue weighted by molar-refractivity contribution is 8.00. The van der Waals surface area contributed by atoms with Gasteiger partial charge < -0.3 is 5.32 Å².